The average Bonchev–Trinajstić information content (AvgIpc) is 3.13. The van der Waals surface area contributed by atoms with Gasteiger partial charge in [-0.25, -0.2) is 9.97 Å². The summed E-state index contributed by atoms with van der Waals surface area (Å²) in [5, 5.41) is 3.27. The molecule has 0 atom stereocenters. The smallest absolute Gasteiger partial charge is 0.256 e. The molecule has 148 valence electrons. The van der Waals surface area contributed by atoms with E-state index in [0.717, 1.165) is 16.8 Å². The second kappa shape index (κ2) is 7.48. The molecule has 7 heteroatoms. The zero-order chi connectivity index (χ0) is 19.7. The molecule has 1 spiro atoms. The first-order chi connectivity index (χ1) is 13.5. The predicted octanol–water partition coefficient (Wildman–Crippen LogP) is 3.12. The lowest BCUT2D eigenvalue weighted by atomic mass is 10.0. The molecule has 2 aromatic rings. The summed E-state index contributed by atoms with van der Waals surface area (Å²) < 4.78 is 11.4. The van der Waals surface area contributed by atoms with Crippen molar-refractivity contribution in [1.82, 2.24) is 14.9 Å². The zero-order valence-corrected chi connectivity index (χ0v) is 16.6. The van der Waals surface area contributed by atoms with E-state index in [-0.39, 0.29) is 5.91 Å². The maximum absolute atomic E-state index is 12.8. The molecule has 2 saturated heterocycles. The van der Waals surface area contributed by atoms with E-state index in [2.05, 4.69) is 48.2 Å². The van der Waals surface area contributed by atoms with E-state index in [4.69, 9.17) is 9.47 Å². The highest BCUT2D eigenvalue weighted by molar-refractivity contribution is 5.93. The zero-order valence-electron chi connectivity index (χ0n) is 16.6. The third-order valence-electron chi connectivity index (χ3n) is 5.44. The molecule has 0 saturated carbocycles. The molecule has 2 aliphatic rings. The monoisotopic (exact) mass is 382 g/mol. The molecule has 0 bridgehead atoms. The van der Waals surface area contributed by atoms with Gasteiger partial charge in [0.25, 0.3) is 5.91 Å². The van der Waals surface area contributed by atoms with E-state index in [9.17, 15) is 4.79 Å². The first-order valence-corrected chi connectivity index (χ1v) is 9.70. The van der Waals surface area contributed by atoms with Crippen molar-refractivity contribution in [1.29, 1.82) is 0 Å². The van der Waals surface area contributed by atoms with Crippen molar-refractivity contribution < 1.29 is 14.3 Å². The number of rotatable bonds is 3. The minimum atomic E-state index is -0.481. The van der Waals surface area contributed by atoms with Crippen molar-refractivity contribution in [3.05, 3.63) is 46.8 Å². The number of carbonyl (C=O) groups excluding carboxylic acids is 1. The number of piperidine rings is 1. The molecule has 0 unspecified atom stereocenters. The van der Waals surface area contributed by atoms with E-state index in [1.807, 2.05) is 4.90 Å². The second-order valence-corrected chi connectivity index (χ2v) is 7.59. The van der Waals surface area contributed by atoms with Crippen molar-refractivity contribution in [2.75, 3.05) is 31.6 Å². The Balaban J connectivity index is 1.41. The van der Waals surface area contributed by atoms with Gasteiger partial charge < -0.3 is 19.7 Å². The summed E-state index contributed by atoms with van der Waals surface area (Å²) >= 11 is 0. The number of nitrogens with zero attached hydrogens (tertiary/aromatic N) is 3. The SMILES string of the molecule is Cc1cc(C)c(Nc2ncc(C(=O)N3CCC4(CC3)OCCO4)cn2)c(C)c1. The van der Waals surface area contributed by atoms with Gasteiger partial charge in [0.2, 0.25) is 5.95 Å². The quantitative estimate of drug-likeness (QED) is 0.879. The van der Waals surface area contributed by atoms with Crippen LogP contribution in [0.25, 0.3) is 0 Å². The fourth-order valence-electron chi connectivity index (χ4n) is 4.01. The Hall–Kier alpha value is -2.51. The number of hydrogen-bond acceptors (Lipinski definition) is 6. The Morgan fingerprint density at radius 2 is 1.61 bits per heavy atom. The molecule has 1 amide bonds. The molecule has 3 heterocycles. The van der Waals surface area contributed by atoms with Gasteiger partial charge >= 0.3 is 0 Å². The number of likely N-dealkylation sites (tertiary alicyclic amines) is 1. The van der Waals surface area contributed by atoms with Gasteiger partial charge in [-0.15, -0.1) is 0 Å². The van der Waals surface area contributed by atoms with Crippen LogP contribution >= 0.6 is 0 Å². The fraction of sp³-hybridized carbons (Fsp3) is 0.476. The van der Waals surface area contributed by atoms with Crippen molar-refractivity contribution >= 4 is 17.5 Å². The summed E-state index contributed by atoms with van der Waals surface area (Å²) in [4.78, 5) is 23.3. The number of amides is 1. The molecule has 2 aliphatic heterocycles. The van der Waals surface area contributed by atoms with Crippen LogP contribution in [0, 0.1) is 20.8 Å². The van der Waals surface area contributed by atoms with Gasteiger partial charge in [-0.05, 0) is 31.9 Å². The standard InChI is InChI=1S/C21H26N4O3/c1-14-10-15(2)18(16(3)11-14)24-20-22-12-17(13-23-20)19(26)25-6-4-21(5-7-25)27-8-9-28-21/h10-13H,4-9H2,1-3H3,(H,22,23,24). The minimum Gasteiger partial charge on any atom is -0.347 e. The summed E-state index contributed by atoms with van der Waals surface area (Å²) in [5.74, 6) is -0.0517. The Bertz CT molecular complexity index is 843. The molecule has 1 aromatic heterocycles. The number of ether oxygens (including phenoxy) is 2. The maximum Gasteiger partial charge on any atom is 0.256 e. The molecule has 0 radical (unpaired) electrons. The average molecular weight is 382 g/mol. The van der Waals surface area contributed by atoms with Crippen LogP contribution in [0.2, 0.25) is 0 Å². The van der Waals surface area contributed by atoms with E-state index in [1.165, 1.54) is 5.56 Å². The number of nitrogens with one attached hydrogen (secondary N) is 1. The number of hydrogen-bond donors (Lipinski definition) is 1. The molecule has 28 heavy (non-hydrogen) atoms. The molecule has 4 rings (SSSR count). The van der Waals surface area contributed by atoms with E-state index < -0.39 is 5.79 Å². The summed E-state index contributed by atoms with van der Waals surface area (Å²) in [6.45, 7) is 8.68. The lowest BCUT2D eigenvalue weighted by Gasteiger charge is -2.37. The van der Waals surface area contributed by atoms with E-state index in [1.54, 1.807) is 12.4 Å². The molecule has 7 nitrogen and oxygen atoms in total. The van der Waals surface area contributed by atoms with Crippen LogP contribution in [-0.2, 0) is 9.47 Å². The first-order valence-electron chi connectivity index (χ1n) is 9.70. The van der Waals surface area contributed by atoms with Crippen molar-refractivity contribution in [2.24, 2.45) is 0 Å². The number of benzene rings is 1. The van der Waals surface area contributed by atoms with Crippen LogP contribution in [0.5, 0.6) is 0 Å². The predicted molar refractivity (Wildman–Crippen MR) is 106 cm³/mol. The Morgan fingerprint density at radius 3 is 2.18 bits per heavy atom. The van der Waals surface area contributed by atoms with Crippen LogP contribution in [0.3, 0.4) is 0 Å². The minimum absolute atomic E-state index is 0.0536. The van der Waals surface area contributed by atoms with Crippen molar-refractivity contribution in [3.8, 4) is 0 Å². The summed E-state index contributed by atoms with van der Waals surface area (Å²) in [6.07, 6.45) is 4.57. The first kappa shape index (κ1) is 18.8. The second-order valence-electron chi connectivity index (χ2n) is 7.59. The topological polar surface area (TPSA) is 76.6 Å². The molecular weight excluding hydrogens is 356 g/mol. The van der Waals surface area contributed by atoms with Crippen molar-refractivity contribution in [2.45, 2.75) is 39.4 Å². The van der Waals surface area contributed by atoms with Crippen LogP contribution < -0.4 is 5.32 Å². The summed E-state index contributed by atoms with van der Waals surface area (Å²) in [6, 6.07) is 4.24. The Labute approximate surface area is 165 Å². The van der Waals surface area contributed by atoms with Gasteiger partial charge in [-0.1, -0.05) is 17.7 Å². The maximum atomic E-state index is 12.8. The van der Waals surface area contributed by atoms with Crippen LogP contribution in [0.4, 0.5) is 11.6 Å². The van der Waals surface area contributed by atoms with Crippen molar-refractivity contribution in [3.63, 3.8) is 0 Å². The van der Waals surface area contributed by atoms with E-state index in [0.29, 0.717) is 50.7 Å². The van der Waals surface area contributed by atoms with Crippen LogP contribution in [-0.4, -0.2) is 52.9 Å². The third-order valence-corrected chi connectivity index (χ3v) is 5.44. The molecular formula is C21H26N4O3. The lowest BCUT2D eigenvalue weighted by Crippen LogP contribution is -2.47. The van der Waals surface area contributed by atoms with Gasteiger partial charge in [-0.3, -0.25) is 4.79 Å². The van der Waals surface area contributed by atoms with Crippen LogP contribution in [0.15, 0.2) is 24.5 Å². The molecule has 2 fully saturated rings. The van der Waals surface area contributed by atoms with E-state index >= 15 is 0 Å². The molecule has 1 aromatic carbocycles. The number of anilines is 2. The number of aromatic nitrogens is 2. The van der Waals surface area contributed by atoms with Gasteiger partial charge in [0.05, 0.1) is 18.8 Å². The van der Waals surface area contributed by atoms with Crippen LogP contribution in [0.1, 0.15) is 39.9 Å². The largest absolute Gasteiger partial charge is 0.347 e. The highest BCUT2D eigenvalue weighted by Gasteiger charge is 2.40. The number of carbonyl (C=O) groups is 1. The third kappa shape index (κ3) is 3.72. The van der Waals surface area contributed by atoms with Gasteiger partial charge in [0.15, 0.2) is 5.79 Å². The molecule has 0 aliphatic carbocycles. The highest BCUT2D eigenvalue weighted by Crippen LogP contribution is 2.31. The lowest BCUT2D eigenvalue weighted by molar-refractivity contribution is -0.181. The number of aryl methyl sites for hydroxylation is 3. The Morgan fingerprint density at radius 1 is 1.04 bits per heavy atom. The van der Waals surface area contributed by atoms with Gasteiger partial charge in [0.1, 0.15) is 0 Å². The molecule has 1 N–H and O–H groups in total. The summed E-state index contributed by atoms with van der Waals surface area (Å²) in [5.41, 5.74) is 4.99. The highest BCUT2D eigenvalue weighted by atomic mass is 16.7. The summed E-state index contributed by atoms with van der Waals surface area (Å²) in [7, 11) is 0. The van der Waals surface area contributed by atoms with Gasteiger partial charge in [0, 0.05) is 44.0 Å². The Kier molecular flexibility index (Phi) is 5.03. The fourth-order valence-corrected chi connectivity index (χ4v) is 4.01. The van der Waals surface area contributed by atoms with Gasteiger partial charge in [-0.2, -0.15) is 0 Å². The normalized spacial score (nSPS) is 18.5.